The number of anilines is 2. The SMILES string of the molecule is Cc1cccc(Cl)c1NC(=O)C1N(CCCCO)C(=O)[C@@H]2[C@H](C(=O)Nc3ccccc3)[C@@H]3CCC12O3. The number of likely N-dealkylation sites (tertiary alicyclic amines) is 1. The van der Waals surface area contributed by atoms with E-state index < -0.39 is 29.6 Å². The Morgan fingerprint density at radius 3 is 2.61 bits per heavy atom. The summed E-state index contributed by atoms with van der Waals surface area (Å²) in [5.41, 5.74) is 0.863. The van der Waals surface area contributed by atoms with Crippen molar-refractivity contribution in [1.29, 1.82) is 0 Å². The maximum Gasteiger partial charge on any atom is 0.250 e. The highest BCUT2D eigenvalue weighted by Crippen LogP contribution is 2.58. The third kappa shape index (κ3) is 4.07. The van der Waals surface area contributed by atoms with Crippen molar-refractivity contribution in [3.8, 4) is 0 Å². The number of aliphatic hydroxyl groups excluding tert-OH is 1. The predicted molar refractivity (Wildman–Crippen MR) is 136 cm³/mol. The average molecular weight is 512 g/mol. The largest absolute Gasteiger partial charge is 0.396 e. The van der Waals surface area contributed by atoms with Crippen molar-refractivity contribution in [2.45, 2.75) is 50.4 Å². The number of carbonyl (C=O) groups is 3. The van der Waals surface area contributed by atoms with Gasteiger partial charge >= 0.3 is 0 Å². The third-order valence-electron chi connectivity index (χ3n) is 7.67. The van der Waals surface area contributed by atoms with Crippen LogP contribution < -0.4 is 10.6 Å². The molecular weight excluding hydrogens is 482 g/mol. The topological polar surface area (TPSA) is 108 Å². The second-order valence-corrected chi connectivity index (χ2v) is 10.2. The Bertz CT molecular complexity index is 1160. The summed E-state index contributed by atoms with van der Waals surface area (Å²) in [5, 5.41) is 15.6. The first-order valence-electron chi connectivity index (χ1n) is 12.4. The van der Waals surface area contributed by atoms with Crippen LogP contribution in [0.15, 0.2) is 48.5 Å². The first-order chi connectivity index (χ1) is 17.4. The molecular formula is C27H30ClN3O5. The molecule has 3 amide bonds. The summed E-state index contributed by atoms with van der Waals surface area (Å²) in [5.74, 6) is -2.34. The molecule has 0 saturated carbocycles. The molecule has 3 fully saturated rings. The molecule has 3 saturated heterocycles. The number of fused-ring (bicyclic) bond motifs is 1. The molecule has 2 unspecified atom stereocenters. The van der Waals surface area contributed by atoms with E-state index in [1.165, 1.54) is 0 Å². The minimum absolute atomic E-state index is 0.00698. The Balaban J connectivity index is 1.47. The van der Waals surface area contributed by atoms with Gasteiger partial charge in [-0.1, -0.05) is 41.9 Å². The van der Waals surface area contributed by atoms with E-state index in [1.54, 1.807) is 29.2 Å². The van der Waals surface area contributed by atoms with E-state index in [1.807, 2.05) is 31.2 Å². The zero-order chi connectivity index (χ0) is 25.4. The molecule has 0 aliphatic carbocycles. The van der Waals surface area contributed by atoms with Gasteiger partial charge in [-0.05, 0) is 56.4 Å². The molecule has 5 rings (SSSR count). The van der Waals surface area contributed by atoms with E-state index in [-0.39, 0.29) is 30.9 Å². The van der Waals surface area contributed by atoms with E-state index in [9.17, 15) is 19.5 Å². The minimum Gasteiger partial charge on any atom is -0.396 e. The average Bonchev–Trinajstić information content (AvgIpc) is 3.50. The summed E-state index contributed by atoms with van der Waals surface area (Å²) < 4.78 is 6.43. The van der Waals surface area contributed by atoms with Gasteiger partial charge in [-0.25, -0.2) is 0 Å². The number of benzene rings is 2. The minimum atomic E-state index is -1.08. The fourth-order valence-electron chi connectivity index (χ4n) is 6.12. The lowest BCUT2D eigenvalue weighted by atomic mass is 9.70. The smallest absolute Gasteiger partial charge is 0.250 e. The molecule has 9 heteroatoms. The number of unbranched alkanes of at least 4 members (excludes halogenated alkanes) is 1. The molecule has 2 aromatic carbocycles. The third-order valence-corrected chi connectivity index (χ3v) is 7.98. The number of para-hydroxylation sites is 2. The lowest BCUT2D eigenvalue weighted by Crippen LogP contribution is -2.53. The van der Waals surface area contributed by atoms with Crippen molar-refractivity contribution in [3.05, 3.63) is 59.1 Å². The maximum atomic E-state index is 13.8. The molecule has 36 heavy (non-hydrogen) atoms. The van der Waals surface area contributed by atoms with E-state index >= 15 is 0 Å². The number of amides is 3. The summed E-state index contributed by atoms with van der Waals surface area (Å²) in [7, 11) is 0. The number of nitrogens with one attached hydrogen (secondary N) is 2. The molecule has 3 heterocycles. The first kappa shape index (κ1) is 24.7. The van der Waals surface area contributed by atoms with Gasteiger partial charge in [0.2, 0.25) is 17.7 Å². The highest BCUT2D eigenvalue weighted by atomic mass is 35.5. The predicted octanol–water partition coefficient (Wildman–Crippen LogP) is 3.37. The monoisotopic (exact) mass is 511 g/mol. The highest BCUT2D eigenvalue weighted by Gasteiger charge is 2.74. The number of aryl methyl sites for hydroxylation is 1. The van der Waals surface area contributed by atoms with Crippen LogP contribution in [0.1, 0.15) is 31.2 Å². The number of rotatable bonds is 8. The van der Waals surface area contributed by atoms with Gasteiger partial charge in [-0.15, -0.1) is 0 Å². The Morgan fingerprint density at radius 2 is 1.89 bits per heavy atom. The summed E-state index contributed by atoms with van der Waals surface area (Å²) >= 11 is 6.37. The lowest BCUT2D eigenvalue weighted by Gasteiger charge is -2.33. The lowest BCUT2D eigenvalue weighted by molar-refractivity contribution is -0.139. The van der Waals surface area contributed by atoms with Gasteiger partial charge in [0.25, 0.3) is 0 Å². The number of carbonyl (C=O) groups excluding carboxylic acids is 3. The molecule has 0 aromatic heterocycles. The van der Waals surface area contributed by atoms with Crippen LogP contribution in [0.3, 0.4) is 0 Å². The van der Waals surface area contributed by atoms with Crippen molar-refractivity contribution in [2.24, 2.45) is 11.8 Å². The Kier molecular flexibility index (Phi) is 6.76. The maximum absolute atomic E-state index is 13.8. The molecule has 3 N–H and O–H groups in total. The Labute approximate surface area is 215 Å². The fraction of sp³-hybridized carbons (Fsp3) is 0.444. The zero-order valence-corrected chi connectivity index (χ0v) is 20.8. The molecule has 0 radical (unpaired) electrons. The number of hydrogen-bond acceptors (Lipinski definition) is 5. The van der Waals surface area contributed by atoms with E-state index in [0.717, 1.165) is 5.56 Å². The number of nitrogens with zero attached hydrogens (tertiary/aromatic N) is 1. The van der Waals surface area contributed by atoms with Crippen LogP contribution in [-0.4, -0.2) is 58.6 Å². The van der Waals surface area contributed by atoms with Crippen LogP contribution in [0.5, 0.6) is 0 Å². The molecule has 2 bridgehead atoms. The molecule has 1 spiro atoms. The normalized spacial score (nSPS) is 28.3. The van der Waals surface area contributed by atoms with Crippen molar-refractivity contribution < 1.29 is 24.2 Å². The summed E-state index contributed by atoms with van der Waals surface area (Å²) in [6, 6.07) is 13.6. The number of halogens is 1. The second-order valence-electron chi connectivity index (χ2n) is 9.79. The number of aliphatic hydroxyl groups is 1. The van der Waals surface area contributed by atoms with Gasteiger partial charge in [0, 0.05) is 18.8 Å². The fourth-order valence-corrected chi connectivity index (χ4v) is 6.39. The standard InChI is InChI=1S/C27H30ClN3O5/c1-16-8-7-11-18(28)22(16)30-25(34)23-27-13-12-19(36-27)20(24(33)29-17-9-3-2-4-10-17)21(27)26(35)31(23)14-5-6-15-32/h2-4,7-11,19-21,23,32H,5-6,12-15H2,1H3,(H,29,33)(H,30,34)/t19-,20+,21-,23?,27?/m0/s1. The van der Waals surface area contributed by atoms with Crippen molar-refractivity contribution in [3.63, 3.8) is 0 Å². The summed E-state index contributed by atoms with van der Waals surface area (Å²) in [6.07, 6.45) is 1.71. The molecule has 5 atom stereocenters. The highest BCUT2D eigenvalue weighted by molar-refractivity contribution is 6.34. The molecule has 3 aliphatic rings. The summed E-state index contributed by atoms with van der Waals surface area (Å²) in [6.45, 7) is 2.13. The van der Waals surface area contributed by atoms with Crippen LogP contribution in [0.4, 0.5) is 11.4 Å². The van der Waals surface area contributed by atoms with Crippen LogP contribution >= 0.6 is 11.6 Å². The van der Waals surface area contributed by atoms with Crippen LogP contribution in [0.2, 0.25) is 5.02 Å². The van der Waals surface area contributed by atoms with Gasteiger partial charge in [-0.2, -0.15) is 0 Å². The van der Waals surface area contributed by atoms with E-state index in [4.69, 9.17) is 16.3 Å². The van der Waals surface area contributed by atoms with Crippen molar-refractivity contribution >= 4 is 40.7 Å². The Morgan fingerprint density at radius 1 is 1.11 bits per heavy atom. The van der Waals surface area contributed by atoms with Crippen LogP contribution in [0, 0.1) is 18.8 Å². The van der Waals surface area contributed by atoms with E-state index in [0.29, 0.717) is 42.1 Å². The second kappa shape index (κ2) is 9.84. The quantitative estimate of drug-likeness (QED) is 0.471. The molecule has 8 nitrogen and oxygen atoms in total. The molecule has 3 aliphatic heterocycles. The number of ether oxygens (including phenoxy) is 1. The van der Waals surface area contributed by atoms with Gasteiger partial charge < -0.3 is 25.4 Å². The van der Waals surface area contributed by atoms with Crippen LogP contribution in [-0.2, 0) is 19.1 Å². The van der Waals surface area contributed by atoms with Gasteiger partial charge in [0.15, 0.2) is 0 Å². The van der Waals surface area contributed by atoms with Gasteiger partial charge in [0.1, 0.15) is 11.6 Å². The first-order valence-corrected chi connectivity index (χ1v) is 12.8. The molecule has 190 valence electrons. The summed E-state index contributed by atoms with van der Waals surface area (Å²) in [4.78, 5) is 42.6. The van der Waals surface area contributed by atoms with Crippen molar-refractivity contribution in [2.75, 3.05) is 23.8 Å². The zero-order valence-electron chi connectivity index (χ0n) is 20.1. The van der Waals surface area contributed by atoms with E-state index in [2.05, 4.69) is 10.6 Å². The number of hydrogen-bond donors (Lipinski definition) is 3. The Hall–Kier alpha value is -2.94. The van der Waals surface area contributed by atoms with Gasteiger partial charge in [0.05, 0.1) is 28.6 Å². The van der Waals surface area contributed by atoms with Crippen molar-refractivity contribution in [1.82, 2.24) is 4.90 Å². The van der Waals surface area contributed by atoms with Gasteiger partial charge in [-0.3, -0.25) is 14.4 Å². The molecule has 2 aromatic rings. The van der Waals surface area contributed by atoms with Crippen LogP contribution in [0.25, 0.3) is 0 Å².